The van der Waals surface area contributed by atoms with Gasteiger partial charge in [-0.1, -0.05) is 19.9 Å². The quantitative estimate of drug-likeness (QED) is 0.645. The van der Waals surface area contributed by atoms with E-state index in [-0.39, 0.29) is 11.9 Å². The summed E-state index contributed by atoms with van der Waals surface area (Å²) in [5, 5.41) is 9.01. The summed E-state index contributed by atoms with van der Waals surface area (Å²) in [6, 6.07) is 5.16. The number of fused-ring (bicyclic) bond motifs is 1. The molecule has 0 fully saturated rings. The van der Waals surface area contributed by atoms with Crippen LogP contribution in [0.25, 0.3) is 0 Å². The number of aryl methyl sites for hydroxylation is 1. The summed E-state index contributed by atoms with van der Waals surface area (Å²) in [5.41, 5.74) is 2.43. The molecule has 120 valence electrons. The lowest BCUT2D eigenvalue weighted by Gasteiger charge is -2.23. The first kappa shape index (κ1) is 16.5. The lowest BCUT2D eigenvalue weighted by molar-refractivity contribution is -0.149. The van der Waals surface area contributed by atoms with Crippen LogP contribution >= 0.6 is 0 Å². The summed E-state index contributed by atoms with van der Waals surface area (Å²) in [4.78, 5) is 23.1. The number of aromatic carboxylic acids is 1. The average molecular weight is 304 g/mol. The first-order chi connectivity index (χ1) is 10.5. The molecule has 0 aromatic heterocycles. The molecule has 1 aliphatic carbocycles. The molecule has 0 radical (unpaired) electrons. The average Bonchev–Trinajstić information content (AvgIpc) is 2.50. The van der Waals surface area contributed by atoms with Crippen molar-refractivity contribution in [2.45, 2.75) is 46.0 Å². The Bertz CT molecular complexity index is 548. The predicted molar refractivity (Wildman–Crippen MR) is 83.9 cm³/mol. The molecule has 1 atom stereocenters. The van der Waals surface area contributed by atoms with Crippen molar-refractivity contribution in [3.63, 3.8) is 0 Å². The third kappa shape index (κ3) is 4.33. The van der Waals surface area contributed by atoms with Crippen molar-refractivity contribution in [1.29, 1.82) is 0 Å². The van der Waals surface area contributed by atoms with E-state index in [1.807, 2.05) is 6.07 Å². The Morgan fingerprint density at radius 1 is 1.32 bits per heavy atom. The van der Waals surface area contributed by atoms with E-state index in [4.69, 9.17) is 9.84 Å². The van der Waals surface area contributed by atoms with Crippen LogP contribution in [0.1, 0.15) is 54.6 Å². The monoisotopic (exact) mass is 304 g/mol. The van der Waals surface area contributed by atoms with Gasteiger partial charge in [0.15, 0.2) is 0 Å². The highest BCUT2D eigenvalue weighted by atomic mass is 16.5. The van der Waals surface area contributed by atoms with Crippen molar-refractivity contribution < 1.29 is 19.4 Å². The molecule has 0 saturated heterocycles. The lowest BCUT2D eigenvalue weighted by Crippen LogP contribution is -2.25. The minimum Gasteiger partial charge on any atom is -0.478 e. The van der Waals surface area contributed by atoms with Gasteiger partial charge in [-0.15, -0.1) is 0 Å². The van der Waals surface area contributed by atoms with Gasteiger partial charge in [0.1, 0.15) is 0 Å². The van der Waals surface area contributed by atoms with Gasteiger partial charge in [0.25, 0.3) is 0 Å². The van der Waals surface area contributed by atoms with E-state index in [0.29, 0.717) is 24.5 Å². The van der Waals surface area contributed by atoms with Crippen LogP contribution in [-0.2, 0) is 22.4 Å². The van der Waals surface area contributed by atoms with Crippen LogP contribution in [0.3, 0.4) is 0 Å². The van der Waals surface area contributed by atoms with Gasteiger partial charge in [-0.2, -0.15) is 0 Å². The van der Waals surface area contributed by atoms with E-state index in [9.17, 15) is 9.59 Å². The predicted octanol–water partition coefficient (Wildman–Crippen LogP) is 3.47. The van der Waals surface area contributed by atoms with Crippen LogP contribution in [0.15, 0.2) is 18.2 Å². The van der Waals surface area contributed by atoms with Crippen LogP contribution in [0.2, 0.25) is 0 Å². The maximum Gasteiger partial charge on any atom is 0.335 e. The molecular weight excluding hydrogens is 280 g/mol. The molecule has 1 aromatic rings. The van der Waals surface area contributed by atoms with Crippen molar-refractivity contribution in [1.82, 2.24) is 0 Å². The molecular formula is C18H24O4. The molecule has 4 heteroatoms. The fourth-order valence-corrected chi connectivity index (χ4v) is 2.87. The minimum absolute atomic E-state index is 0.0952. The van der Waals surface area contributed by atoms with Crippen molar-refractivity contribution in [3.8, 4) is 0 Å². The Kier molecular flexibility index (Phi) is 5.58. The summed E-state index contributed by atoms with van der Waals surface area (Å²) >= 11 is 0. The number of hydrogen-bond acceptors (Lipinski definition) is 3. The van der Waals surface area contributed by atoms with Gasteiger partial charge in [0, 0.05) is 0 Å². The fourth-order valence-electron chi connectivity index (χ4n) is 2.87. The molecule has 0 spiro atoms. The van der Waals surface area contributed by atoms with E-state index in [0.717, 1.165) is 36.8 Å². The van der Waals surface area contributed by atoms with Crippen LogP contribution in [0.4, 0.5) is 0 Å². The standard InChI is InChI=1S/C18H24O4/c1-12(2)4-3-9-22-18(21)16-8-6-13-10-15(17(19)20)7-5-14(13)11-16/h5,7,10,12,16H,3-4,6,8-9,11H2,1-2H3,(H,19,20). The van der Waals surface area contributed by atoms with E-state index in [1.54, 1.807) is 12.1 Å². The van der Waals surface area contributed by atoms with E-state index >= 15 is 0 Å². The molecule has 22 heavy (non-hydrogen) atoms. The van der Waals surface area contributed by atoms with Crippen molar-refractivity contribution in [2.24, 2.45) is 11.8 Å². The number of rotatable bonds is 6. The second kappa shape index (κ2) is 7.43. The Morgan fingerprint density at radius 2 is 2.09 bits per heavy atom. The van der Waals surface area contributed by atoms with Gasteiger partial charge in [-0.25, -0.2) is 4.79 Å². The van der Waals surface area contributed by atoms with Crippen LogP contribution in [0.5, 0.6) is 0 Å². The minimum atomic E-state index is -0.908. The van der Waals surface area contributed by atoms with Crippen molar-refractivity contribution in [2.75, 3.05) is 6.61 Å². The van der Waals surface area contributed by atoms with E-state index in [2.05, 4.69) is 13.8 Å². The zero-order valence-corrected chi connectivity index (χ0v) is 13.3. The zero-order chi connectivity index (χ0) is 16.1. The molecule has 0 saturated carbocycles. The topological polar surface area (TPSA) is 63.6 Å². The highest BCUT2D eigenvalue weighted by molar-refractivity contribution is 5.88. The number of ether oxygens (including phenoxy) is 1. The summed E-state index contributed by atoms with van der Waals surface area (Å²) < 4.78 is 5.38. The summed E-state index contributed by atoms with van der Waals surface area (Å²) in [7, 11) is 0. The van der Waals surface area contributed by atoms with E-state index < -0.39 is 5.97 Å². The molecule has 1 unspecified atom stereocenters. The van der Waals surface area contributed by atoms with Gasteiger partial charge in [-0.05, 0) is 61.3 Å². The van der Waals surface area contributed by atoms with Gasteiger partial charge < -0.3 is 9.84 Å². The smallest absolute Gasteiger partial charge is 0.335 e. The molecule has 1 N–H and O–H groups in total. The summed E-state index contributed by atoms with van der Waals surface area (Å²) in [5.74, 6) is -0.489. The van der Waals surface area contributed by atoms with Crippen LogP contribution < -0.4 is 0 Å². The second-order valence-corrected chi connectivity index (χ2v) is 6.43. The molecule has 1 aromatic carbocycles. The summed E-state index contributed by atoms with van der Waals surface area (Å²) in [6.45, 7) is 4.81. The SMILES string of the molecule is CC(C)CCCOC(=O)C1CCc2cc(C(=O)O)ccc2C1. The third-order valence-corrected chi connectivity index (χ3v) is 4.19. The van der Waals surface area contributed by atoms with Crippen LogP contribution in [-0.4, -0.2) is 23.7 Å². The number of carboxylic acid groups (broad SMARTS) is 1. The number of carboxylic acids is 1. The third-order valence-electron chi connectivity index (χ3n) is 4.19. The largest absolute Gasteiger partial charge is 0.478 e. The number of benzene rings is 1. The maximum absolute atomic E-state index is 12.1. The number of hydrogen-bond donors (Lipinski definition) is 1. The highest BCUT2D eigenvalue weighted by Crippen LogP contribution is 2.27. The number of carbonyl (C=O) groups excluding carboxylic acids is 1. The highest BCUT2D eigenvalue weighted by Gasteiger charge is 2.26. The summed E-state index contributed by atoms with van der Waals surface area (Å²) in [6.07, 6.45) is 4.10. The Morgan fingerprint density at radius 3 is 2.77 bits per heavy atom. The molecule has 1 aliphatic rings. The van der Waals surface area contributed by atoms with Crippen molar-refractivity contribution in [3.05, 3.63) is 34.9 Å². The van der Waals surface area contributed by atoms with Gasteiger partial charge in [0.2, 0.25) is 0 Å². The first-order valence-corrected chi connectivity index (χ1v) is 7.99. The van der Waals surface area contributed by atoms with Gasteiger partial charge in [-0.3, -0.25) is 4.79 Å². The fraction of sp³-hybridized carbons (Fsp3) is 0.556. The lowest BCUT2D eigenvalue weighted by atomic mass is 9.83. The number of esters is 1. The molecule has 0 heterocycles. The second-order valence-electron chi connectivity index (χ2n) is 6.43. The molecule has 0 bridgehead atoms. The first-order valence-electron chi connectivity index (χ1n) is 7.99. The maximum atomic E-state index is 12.1. The molecule has 2 rings (SSSR count). The molecule has 4 nitrogen and oxygen atoms in total. The van der Waals surface area contributed by atoms with Gasteiger partial charge in [0.05, 0.1) is 18.1 Å². The van der Waals surface area contributed by atoms with Crippen molar-refractivity contribution >= 4 is 11.9 Å². The Labute approximate surface area is 131 Å². The number of carbonyl (C=O) groups is 2. The Hall–Kier alpha value is -1.84. The Balaban J connectivity index is 1.89. The van der Waals surface area contributed by atoms with E-state index in [1.165, 1.54) is 0 Å². The van der Waals surface area contributed by atoms with Gasteiger partial charge >= 0.3 is 11.9 Å². The molecule has 0 amide bonds. The molecule has 0 aliphatic heterocycles. The zero-order valence-electron chi connectivity index (χ0n) is 13.3. The normalized spacial score (nSPS) is 17.1. The van der Waals surface area contributed by atoms with Crippen LogP contribution in [0, 0.1) is 11.8 Å².